The summed E-state index contributed by atoms with van der Waals surface area (Å²) in [4.78, 5) is 18.5. The Labute approximate surface area is 149 Å². The van der Waals surface area contributed by atoms with Crippen molar-refractivity contribution in [3.05, 3.63) is 60.4 Å². The summed E-state index contributed by atoms with van der Waals surface area (Å²) in [6, 6.07) is 13.6. The highest BCUT2D eigenvalue weighted by molar-refractivity contribution is 5.89. The van der Waals surface area contributed by atoms with Crippen molar-refractivity contribution in [2.24, 2.45) is 5.92 Å². The molecule has 132 valence electrons. The highest BCUT2D eigenvalue weighted by Crippen LogP contribution is 2.20. The molecule has 0 spiro atoms. The number of benzene rings is 1. The van der Waals surface area contributed by atoms with Crippen LogP contribution >= 0.6 is 0 Å². The second kappa shape index (κ2) is 9.18. The average molecular weight is 338 g/mol. The Kier molecular flexibility index (Phi) is 6.40. The molecule has 1 fully saturated rings. The molecule has 0 unspecified atom stereocenters. The molecule has 1 aliphatic heterocycles. The van der Waals surface area contributed by atoms with Crippen LogP contribution in [-0.4, -0.2) is 35.5 Å². The molecule has 5 heteroatoms. The van der Waals surface area contributed by atoms with Crippen LogP contribution in [0.1, 0.15) is 24.8 Å². The number of likely N-dealkylation sites (tertiary alicyclic amines) is 1. The normalized spacial score (nSPS) is 17.8. The minimum absolute atomic E-state index is 0.129. The Morgan fingerprint density at radius 1 is 1.16 bits per heavy atom. The number of urea groups is 1. The fraction of sp³-hybridized carbons (Fsp3) is 0.400. The third-order valence-corrected chi connectivity index (χ3v) is 4.63. The van der Waals surface area contributed by atoms with E-state index in [1.54, 1.807) is 0 Å². The first kappa shape index (κ1) is 17.4. The Bertz CT molecular complexity index is 647. The van der Waals surface area contributed by atoms with Crippen molar-refractivity contribution in [3.63, 3.8) is 0 Å². The fourth-order valence-electron chi connectivity index (χ4n) is 3.36. The van der Waals surface area contributed by atoms with Gasteiger partial charge in [0.25, 0.3) is 0 Å². The Morgan fingerprint density at radius 3 is 2.76 bits per heavy atom. The molecular weight excluding hydrogens is 312 g/mol. The van der Waals surface area contributed by atoms with Gasteiger partial charge < -0.3 is 10.6 Å². The first-order valence-corrected chi connectivity index (χ1v) is 9.01. The Balaban J connectivity index is 1.37. The number of carbonyl (C=O) groups excluding carboxylic acids is 1. The van der Waals surface area contributed by atoms with E-state index in [1.165, 1.54) is 18.4 Å². The lowest BCUT2D eigenvalue weighted by molar-refractivity contribution is 0.161. The number of nitrogens with zero attached hydrogens (tertiary/aromatic N) is 2. The predicted molar refractivity (Wildman–Crippen MR) is 100 cm³/mol. The maximum absolute atomic E-state index is 11.9. The largest absolute Gasteiger partial charge is 0.338 e. The number of para-hydroxylation sites is 1. The molecule has 2 N–H and O–H groups in total. The number of carbonyl (C=O) groups is 1. The number of hydrogen-bond acceptors (Lipinski definition) is 3. The Morgan fingerprint density at radius 2 is 1.96 bits per heavy atom. The van der Waals surface area contributed by atoms with Crippen LogP contribution in [0.4, 0.5) is 10.5 Å². The second-order valence-corrected chi connectivity index (χ2v) is 6.63. The van der Waals surface area contributed by atoms with Gasteiger partial charge in [-0.05, 0) is 61.6 Å². The molecule has 1 aliphatic rings. The van der Waals surface area contributed by atoms with E-state index in [0.717, 1.165) is 31.7 Å². The van der Waals surface area contributed by atoms with Crippen molar-refractivity contribution in [2.75, 3.05) is 25.0 Å². The maximum Gasteiger partial charge on any atom is 0.319 e. The van der Waals surface area contributed by atoms with Crippen molar-refractivity contribution in [2.45, 2.75) is 25.8 Å². The molecule has 2 aromatic rings. The zero-order valence-corrected chi connectivity index (χ0v) is 14.5. The van der Waals surface area contributed by atoms with Crippen molar-refractivity contribution in [3.8, 4) is 0 Å². The predicted octanol–water partition coefficient (Wildman–Crippen LogP) is 3.51. The van der Waals surface area contributed by atoms with E-state index in [4.69, 9.17) is 0 Å². The minimum atomic E-state index is -0.129. The molecule has 1 atom stereocenters. The number of pyridine rings is 1. The average Bonchev–Trinajstić information content (AvgIpc) is 2.64. The molecule has 0 radical (unpaired) electrons. The summed E-state index contributed by atoms with van der Waals surface area (Å²) < 4.78 is 0. The van der Waals surface area contributed by atoms with E-state index in [1.807, 2.05) is 42.7 Å². The van der Waals surface area contributed by atoms with Crippen LogP contribution < -0.4 is 10.6 Å². The molecule has 1 aromatic carbocycles. The van der Waals surface area contributed by atoms with Crippen LogP contribution in [0.3, 0.4) is 0 Å². The van der Waals surface area contributed by atoms with Crippen LogP contribution in [0.15, 0.2) is 54.9 Å². The second-order valence-electron chi connectivity index (χ2n) is 6.63. The van der Waals surface area contributed by atoms with E-state index in [2.05, 4.69) is 32.7 Å². The van der Waals surface area contributed by atoms with E-state index in [-0.39, 0.29) is 6.03 Å². The molecule has 1 saturated heterocycles. The summed E-state index contributed by atoms with van der Waals surface area (Å²) in [5, 5.41) is 5.82. The molecule has 25 heavy (non-hydrogen) atoms. The molecular formula is C20H26N4O. The minimum Gasteiger partial charge on any atom is -0.338 e. The monoisotopic (exact) mass is 338 g/mol. The summed E-state index contributed by atoms with van der Waals surface area (Å²) in [5.74, 6) is 0.646. The number of anilines is 1. The lowest BCUT2D eigenvalue weighted by atomic mass is 9.94. The summed E-state index contributed by atoms with van der Waals surface area (Å²) in [6.45, 7) is 3.96. The van der Waals surface area contributed by atoms with Crippen molar-refractivity contribution in [1.82, 2.24) is 15.2 Å². The van der Waals surface area contributed by atoms with Gasteiger partial charge in [0, 0.05) is 37.7 Å². The third-order valence-electron chi connectivity index (χ3n) is 4.63. The van der Waals surface area contributed by atoms with Gasteiger partial charge in [0.05, 0.1) is 0 Å². The summed E-state index contributed by atoms with van der Waals surface area (Å²) in [7, 11) is 0. The number of aromatic nitrogens is 1. The summed E-state index contributed by atoms with van der Waals surface area (Å²) in [5.41, 5.74) is 2.14. The van der Waals surface area contributed by atoms with Crippen LogP contribution in [0.25, 0.3) is 0 Å². The van der Waals surface area contributed by atoms with E-state index < -0.39 is 0 Å². The fourth-order valence-corrected chi connectivity index (χ4v) is 3.36. The molecule has 0 saturated carbocycles. The van der Waals surface area contributed by atoms with Gasteiger partial charge in [-0.25, -0.2) is 4.79 Å². The van der Waals surface area contributed by atoms with E-state index in [9.17, 15) is 4.79 Å². The molecule has 0 bridgehead atoms. The van der Waals surface area contributed by atoms with Crippen molar-refractivity contribution >= 4 is 11.7 Å². The SMILES string of the molecule is O=C(NCC[C@H]1CCCN(Cc2ccncc2)C1)Nc1ccccc1. The first-order chi connectivity index (χ1) is 12.3. The van der Waals surface area contributed by atoms with E-state index >= 15 is 0 Å². The number of nitrogens with one attached hydrogen (secondary N) is 2. The number of piperidine rings is 1. The van der Waals surface area contributed by atoms with Crippen LogP contribution in [0, 0.1) is 5.92 Å². The van der Waals surface area contributed by atoms with Gasteiger partial charge in [-0.1, -0.05) is 18.2 Å². The van der Waals surface area contributed by atoms with Gasteiger partial charge >= 0.3 is 6.03 Å². The van der Waals surface area contributed by atoms with Crippen LogP contribution in [-0.2, 0) is 6.54 Å². The zero-order chi connectivity index (χ0) is 17.3. The first-order valence-electron chi connectivity index (χ1n) is 9.01. The molecule has 5 nitrogen and oxygen atoms in total. The molecule has 3 rings (SSSR count). The maximum atomic E-state index is 11.9. The third kappa shape index (κ3) is 5.87. The zero-order valence-electron chi connectivity index (χ0n) is 14.5. The number of rotatable bonds is 6. The van der Waals surface area contributed by atoms with Crippen molar-refractivity contribution < 1.29 is 4.79 Å². The van der Waals surface area contributed by atoms with Gasteiger partial charge in [-0.2, -0.15) is 0 Å². The van der Waals surface area contributed by atoms with Gasteiger partial charge in [-0.3, -0.25) is 9.88 Å². The molecule has 0 aliphatic carbocycles. The molecule has 2 heterocycles. The quantitative estimate of drug-likeness (QED) is 0.847. The van der Waals surface area contributed by atoms with Gasteiger partial charge in [-0.15, -0.1) is 0 Å². The standard InChI is InChI=1S/C20H26N4O/c25-20(23-19-6-2-1-3-7-19)22-13-10-17-5-4-14-24(15-17)16-18-8-11-21-12-9-18/h1-3,6-9,11-12,17H,4-5,10,13-16H2,(H2,22,23,25)/t17-/m1/s1. The highest BCUT2D eigenvalue weighted by Gasteiger charge is 2.19. The number of hydrogen-bond donors (Lipinski definition) is 2. The van der Waals surface area contributed by atoms with Gasteiger partial charge in [0.1, 0.15) is 0 Å². The lowest BCUT2D eigenvalue weighted by Crippen LogP contribution is -2.37. The topological polar surface area (TPSA) is 57.3 Å². The molecule has 1 aromatic heterocycles. The van der Waals surface area contributed by atoms with Crippen molar-refractivity contribution in [1.29, 1.82) is 0 Å². The highest BCUT2D eigenvalue weighted by atomic mass is 16.2. The summed E-state index contributed by atoms with van der Waals surface area (Å²) >= 11 is 0. The smallest absolute Gasteiger partial charge is 0.319 e. The van der Waals surface area contributed by atoms with Gasteiger partial charge in [0.15, 0.2) is 0 Å². The Hall–Kier alpha value is -2.40. The van der Waals surface area contributed by atoms with E-state index in [0.29, 0.717) is 12.5 Å². The lowest BCUT2D eigenvalue weighted by Gasteiger charge is -2.32. The summed E-state index contributed by atoms with van der Waals surface area (Å²) in [6.07, 6.45) is 7.20. The molecule has 2 amide bonds. The van der Waals surface area contributed by atoms with Crippen LogP contribution in [0.2, 0.25) is 0 Å². The number of amides is 2. The van der Waals surface area contributed by atoms with Crippen LogP contribution in [0.5, 0.6) is 0 Å². The van der Waals surface area contributed by atoms with Gasteiger partial charge in [0.2, 0.25) is 0 Å².